The Bertz CT molecular complexity index is 382. The van der Waals surface area contributed by atoms with Crippen molar-refractivity contribution in [1.82, 2.24) is 15.3 Å². The van der Waals surface area contributed by atoms with Gasteiger partial charge in [0.15, 0.2) is 0 Å². The molecule has 1 saturated heterocycles. The highest BCUT2D eigenvalue weighted by Gasteiger charge is 2.26. The van der Waals surface area contributed by atoms with Gasteiger partial charge in [0.1, 0.15) is 0 Å². The van der Waals surface area contributed by atoms with E-state index in [2.05, 4.69) is 27.1 Å². The van der Waals surface area contributed by atoms with E-state index >= 15 is 0 Å². The number of carbonyl (C=O) groups excluding carboxylic acids is 1. The zero-order valence-electron chi connectivity index (χ0n) is 10.8. The van der Waals surface area contributed by atoms with Gasteiger partial charge in [-0.1, -0.05) is 6.92 Å². The third-order valence-electron chi connectivity index (χ3n) is 3.18. The molecule has 1 aliphatic rings. The molecule has 1 aromatic heterocycles. The van der Waals surface area contributed by atoms with Crippen LogP contribution in [0.5, 0.6) is 0 Å². The fourth-order valence-corrected chi connectivity index (χ4v) is 2.22. The Morgan fingerprint density at radius 3 is 3.00 bits per heavy atom. The Morgan fingerprint density at radius 2 is 2.28 bits per heavy atom. The monoisotopic (exact) mass is 248 g/mol. The van der Waals surface area contributed by atoms with Crippen molar-refractivity contribution >= 4 is 11.9 Å². The Balaban J connectivity index is 1.94. The van der Waals surface area contributed by atoms with E-state index in [0.717, 1.165) is 44.8 Å². The molecule has 2 heterocycles. The summed E-state index contributed by atoms with van der Waals surface area (Å²) >= 11 is 0. The van der Waals surface area contributed by atoms with Gasteiger partial charge in [0.05, 0.1) is 5.92 Å². The van der Waals surface area contributed by atoms with E-state index in [-0.39, 0.29) is 11.8 Å². The van der Waals surface area contributed by atoms with Gasteiger partial charge in [-0.25, -0.2) is 9.97 Å². The Kier molecular flexibility index (Phi) is 4.50. The first-order valence-electron chi connectivity index (χ1n) is 6.61. The average molecular weight is 248 g/mol. The normalized spacial score (nSPS) is 19.6. The van der Waals surface area contributed by atoms with Crippen LogP contribution >= 0.6 is 0 Å². The second kappa shape index (κ2) is 6.33. The fraction of sp³-hybridized carbons (Fsp3) is 0.615. The SMILES string of the molecule is CCCNC(=O)[C@@H]1CCCN(c2ncccn2)C1. The minimum absolute atomic E-state index is 0.0640. The highest BCUT2D eigenvalue weighted by Crippen LogP contribution is 2.19. The summed E-state index contributed by atoms with van der Waals surface area (Å²) in [6.07, 6.45) is 6.43. The molecule has 0 aliphatic carbocycles. The lowest BCUT2D eigenvalue weighted by atomic mass is 9.97. The van der Waals surface area contributed by atoms with Crippen molar-refractivity contribution in [3.05, 3.63) is 18.5 Å². The van der Waals surface area contributed by atoms with Gasteiger partial charge in [0, 0.05) is 32.0 Å². The van der Waals surface area contributed by atoms with Gasteiger partial charge in [-0.15, -0.1) is 0 Å². The molecule has 1 amide bonds. The molecule has 98 valence electrons. The van der Waals surface area contributed by atoms with Crippen LogP contribution in [0.15, 0.2) is 18.5 Å². The molecule has 1 N–H and O–H groups in total. The summed E-state index contributed by atoms with van der Waals surface area (Å²) in [5.41, 5.74) is 0. The third-order valence-corrected chi connectivity index (χ3v) is 3.18. The number of amides is 1. The first kappa shape index (κ1) is 12.8. The molecule has 0 radical (unpaired) electrons. The van der Waals surface area contributed by atoms with Crippen molar-refractivity contribution < 1.29 is 4.79 Å². The van der Waals surface area contributed by atoms with Crippen molar-refractivity contribution in [3.63, 3.8) is 0 Å². The molecule has 5 nitrogen and oxygen atoms in total. The lowest BCUT2D eigenvalue weighted by Crippen LogP contribution is -2.43. The maximum Gasteiger partial charge on any atom is 0.225 e. The number of nitrogens with one attached hydrogen (secondary N) is 1. The average Bonchev–Trinajstić information content (AvgIpc) is 2.46. The number of hydrogen-bond acceptors (Lipinski definition) is 4. The minimum Gasteiger partial charge on any atom is -0.356 e. The Morgan fingerprint density at radius 1 is 1.50 bits per heavy atom. The summed E-state index contributed by atoms with van der Waals surface area (Å²) in [4.78, 5) is 22.5. The van der Waals surface area contributed by atoms with Crippen molar-refractivity contribution in [1.29, 1.82) is 0 Å². The van der Waals surface area contributed by atoms with Gasteiger partial charge in [-0.05, 0) is 25.3 Å². The second-order valence-electron chi connectivity index (χ2n) is 4.62. The van der Waals surface area contributed by atoms with E-state index in [1.807, 2.05) is 0 Å². The van der Waals surface area contributed by atoms with Gasteiger partial charge >= 0.3 is 0 Å². The van der Waals surface area contributed by atoms with E-state index in [4.69, 9.17) is 0 Å². The van der Waals surface area contributed by atoms with Crippen LogP contribution in [0.4, 0.5) is 5.95 Å². The van der Waals surface area contributed by atoms with Crippen LogP contribution in [-0.2, 0) is 4.79 Å². The number of nitrogens with zero attached hydrogens (tertiary/aromatic N) is 3. The molecule has 0 aromatic carbocycles. The molecule has 0 bridgehead atoms. The largest absolute Gasteiger partial charge is 0.356 e. The maximum absolute atomic E-state index is 12.0. The van der Waals surface area contributed by atoms with Crippen LogP contribution in [0.25, 0.3) is 0 Å². The molecular formula is C13H20N4O. The molecule has 1 aromatic rings. The molecule has 0 unspecified atom stereocenters. The summed E-state index contributed by atoms with van der Waals surface area (Å²) in [5, 5.41) is 2.97. The van der Waals surface area contributed by atoms with Crippen LogP contribution in [0.2, 0.25) is 0 Å². The van der Waals surface area contributed by atoms with Gasteiger partial charge in [-0.2, -0.15) is 0 Å². The Labute approximate surface area is 108 Å². The van der Waals surface area contributed by atoms with Gasteiger partial charge in [0.25, 0.3) is 0 Å². The number of aromatic nitrogens is 2. The predicted molar refractivity (Wildman–Crippen MR) is 70.3 cm³/mol. The van der Waals surface area contributed by atoms with Gasteiger partial charge < -0.3 is 10.2 Å². The number of hydrogen-bond donors (Lipinski definition) is 1. The van der Waals surface area contributed by atoms with E-state index in [1.54, 1.807) is 18.5 Å². The molecule has 1 aliphatic heterocycles. The van der Waals surface area contributed by atoms with E-state index in [0.29, 0.717) is 0 Å². The standard InChI is InChI=1S/C13H20N4O/c1-2-6-14-12(18)11-5-3-9-17(10-11)13-15-7-4-8-16-13/h4,7-8,11H,2-3,5-6,9-10H2,1H3,(H,14,18)/t11-/m1/s1. The first-order chi connectivity index (χ1) is 8.81. The second-order valence-corrected chi connectivity index (χ2v) is 4.62. The third kappa shape index (κ3) is 3.18. The molecule has 0 saturated carbocycles. The molecule has 2 rings (SSSR count). The van der Waals surface area contributed by atoms with Crippen molar-refractivity contribution in [2.45, 2.75) is 26.2 Å². The molecular weight excluding hydrogens is 228 g/mol. The van der Waals surface area contributed by atoms with Crippen LogP contribution in [0.3, 0.4) is 0 Å². The summed E-state index contributed by atoms with van der Waals surface area (Å²) in [6.45, 7) is 4.48. The van der Waals surface area contributed by atoms with Gasteiger partial charge in [-0.3, -0.25) is 4.79 Å². The zero-order valence-corrected chi connectivity index (χ0v) is 10.8. The van der Waals surface area contributed by atoms with E-state index in [9.17, 15) is 4.79 Å². The molecule has 1 atom stereocenters. The number of carbonyl (C=O) groups is 1. The van der Waals surface area contributed by atoms with Crippen LogP contribution in [0.1, 0.15) is 26.2 Å². The first-order valence-corrected chi connectivity index (χ1v) is 6.61. The smallest absolute Gasteiger partial charge is 0.225 e. The summed E-state index contributed by atoms with van der Waals surface area (Å²) in [6, 6.07) is 1.80. The van der Waals surface area contributed by atoms with Gasteiger partial charge in [0.2, 0.25) is 11.9 Å². The lowest BCUT2D eigenvalue weighted by molar-refractivity contribution is -0.125. The Hall–Kier alpha value is -1.65. The van der Waals surface area contributed by atoms with Crippen LogP contribution < -0.4 is 10.2 Å². The molecule has 0 spiro atoms. The summed E-state index contributed by atoms with van der Waals surface area (Å²) in [5.74, 6) is 0.956. The van der Waals surface area contributed by atoms with E-state index < -0.39 is 0 Å². The number of piperidine rings is 1. The highest BCUT2D eigenvalue weighted by molar-refractivity contribution is 5.79. The van der Waals surface area contributed by atoms with E-state index in [1.165, 1.54) is 0 Å². The number of rotatable bonds is 4. The van der Waals surface area contributed by atoms with Crippen LogP contribution in [-0.4, -0.2) is 35.5 Å². The topological polar surface area (TPSA) is 58.1 Å². The zero-order chi connectivity index (χ0) is 12.8. The van der Waals surface area contributed by atoms with Crippen molar-refractivity contribution in [3.8, 4) is 0 Å². The number of anilines is 1. The molecule has 18 heavy (non-hydrogen) atoms. The highest BCUT2D eigenvalue weighted by atomic mass is 16.1. The summed E-state index contributed by atoms with van der Waals surface area (Å²) < 4.78 is 0. The fourth-order valence-electron chi connectivity index (χ4n) is 2.22. The molecule has 1 fully saturated rings. The van der Waals surface area contributed by atoms with Crippen LogP contribution in [0, 0.1) is 5.92 Å². The predicted octanol–water partition coefficient (Wildman–Crippen LogP) is 1.22. The maximum atomic E-state index is 12.0. The quantitative estimate of drug-likeness (QED) is 0.870. The van der Waals surface area contributed by atoms with Crippen molar-refractivity contribution in [2.75, 3.05) is 24.5 Å². The summed E-state index contributed by atoms with van der Waals surface area (Å²) in [7, 11) is 0. The molecule has 5 heteroatoms. The minimum atomic E-state index is 0.0640. The van der Waals surface area contributed by atoms with Crippen molar-refractivity contribution in [2.24, 2.45) is 5.92 Å². The lowest BCUT2D eigenvalue weighted by Gasteiger charge is -2.31.